The van der Waals surface area contributed by atoms with E-state index in [9.17, 15) is 9.59 Å². The number of hydrogen-bond acceptors (Lipinski definition) is 5. The summed E-state index contributed by atoms with van der Waals surface area (Å²) in [5.41, 5.74) is 10.9. The van der Waals surface area contributed by atoms with Gasteiger partial charge in [0.2, 0.25) is 5.91 Å². The van der Waals surface area contributed by atoms with Crippen LogP contribution in [0, 0.1) is 6.92 Å². The first-order valence-electron chi connectivity index (χ1n) is 12.0. The van der Waals surface area contributed by atoms with Crippen molar-refractivity contribution in [2.24, 2.45) is 5.73 Å². The summed E-state index contributed by atoms with van der Waals surface area (Å²) in [4.78, 5) is 33.1. The van der Waals surface area contributed by atoms with Gasteiger partial charge in [0.05, 0.1) is 0 Å². The highest BCUT2D eigenvalue weighted by Crippen LogP contribution is 2.25. The molecule has 4 aromatic rings. The first-order chi connectivity index (χ1) is 17.5. The molecule has 2 amide bonds. The van der Waals surface area contributed by atoms with Gasteiger partial charge < -0.3 is 16.0 Å². The van der Waals surface area contributed by atoms with Gasteiger partial charge in [0.15, 0.2) is 5.82 Å². The summed E-state index contributed by atoms with van der Waals surface area (Å²) in [5, 5.41) is 10.0. The summed E-state index contributed by atoms with van der Waals surface area (Å²) >= 11 is 0. The number of anilines is 1. The Morgan fingerprint density at radius 3 is 2.56 bits per heavy atom. The molecule has 0 saturated heterocycles. The third kappa shape index (κ3) is 4.89. The van der Waals surface area contributed by atoms with Crippen molar-refractivity contribution in [3.05, 3.63) is 101 Å². The minimum Gasteiger partial charge on any atom is -0.326 e. The third-order valence-electron chi connectivity index (χ3n) is 6.48. The highest BCUT2D eigenvalue weighted by molar-refractivity contribution is 6.02. The Morgan fingerprint density at radius 2 is 1.86 bits per heavy atom. The van der Waals surface area contributed by atoms with Crippen LogP contribution in [0.15, 0.2) is 72.8 Å². The molecule has 5 rings (SSSR count). The van der Waals surface area contributed by atoms with Crippen molar-refractivity contribution in [3.63, 3.8) is 0 Å². The van der Waals surface area contributed by atoms with Crippen LogP contribution >= 0.6 is 0 Å². The summed E-state index contributed by atoms with van der Waals surface area (Å²) in [5.74, 6) is 0.975. The molecule has 2 heterocycles. The second-order valence-corrected chi connectivity index (χ2v) is 8.96. The van der Waals surface area contributed by atoms with Gasteiger partial charge in [-0.25, -0.2) is 4.98 Å². The minimum absolute atomic E-state index is 0.133. The predicted octanol–water partition coefficient (Wildman–Crippen LogP) is 3.49. The fraction of sp³-hybridized carbons (Fsp3) is 0.214. The molecular weight excluding hydrogens is 452 g/mol. The van der Waals surface area contributed by atoms with Crippen LogP contribution in [0.4, 0.5) is 5.69 Å². The highest BCUT2D eigenvalue weighted by atomic mass is 16.2. The number of H-pyrrole nitrogens is 1. The number of amides is 2. The SMILES string of the molecule is Cc1nc(-c2ccc(NC(=O)C(Cc3ccccc3)N3CCc4cc(CN)ccc4C3=O)cc2)n[nH]1. The van der Waals surface area contributed by atoms with Crippen molar-refractivity contribution in [2.75, 3.05) is 11.9 Å². The van der Waals surface area contributed by atoms with E-state index in [0.29, 0.717) is 43.0 Å². The second-order valence-electron chi connectivity index (χ2n) is 8.96. The van der Waals surface area contributed by atoms with Crippen LogP contribution in [0.5, 0.6) is 0 Å². The molecule has 4 N–H and O–H groups in total. The van der Waals surface area contributed by atoms with Crippen LogP contribution in [0.25, 0.3) is 11.4 Å². The maximum Gasteiger partial charge on any atom is 0.254 e. The topological polar surface area (TPSA) is 117 Å². The first kappa shape index (κ1) is 23.4. The summed E-state index contributed by atoms with van der Waals surface area (Å²) in [6.45, 7) is 2.74. The van der Waals surface area contributed by atoms with Crippen LogP contribution in [-0.4, -0.2) is 44.5 Å². The largest absolute Gasteiger partial charge is 0.326 e. The second kappa shape index (κ2) is 10.1. The summed E-state index contributed by atoms with van der Waals surface area (Å²) in [6.07, 6.45) is 1.10. The quantitative estimate of drug-likeness (QED) is 0.374. The Hall–Kier alpha value is -4.30. The molecule has 0 saturated carbocycles. The van der Waals surface area contributed by atoms with Gasteiger partial charge in [-0.05, 0) is 60.4 Å². The van der Waals surface area contributed by atoms with E-state index in [4.69, 9.17) is 5.73 Å². The van der Waals surface area contributed by atoms with Gasteiger partial charge in [-0.3, -0.25) is 14.7 Å². The zero-order valence-electron chi connectivity index (χ0n) is 20.1. The number of aryl methyl sites for hydroxylation is 1. The minimum atomic E-state index is -0.655. The van der Waals surface area contributed by atoms with E-state index in [1.54, 1.807) is 4.90 Å². The van der Waals surface area contributed by atoms with Crippen LogP contribution in [0.1, 0.15) is 32.9 Å². The maximum absolute atomic E-state index is 13.6. The van der Waals surface area contributed by atoms with Gasteiger partial charge in [0.25, 0.3) is 5.91 Å². The third-order valence-corrected chi connectivity index (χ3v) is 6.48. The Balaban J connectivity index is 1.39. The number of hydrogen-bond donors (Lipinski definition) is 3. The van der Waals surface area contributed by atoms with E-state index < -0.39 is 6.04 Å². The number of aromatic nitrogens is 3. The molecule has 1 aromatic heterocycles. The zero-order chi connectivity index (χ0) is 25.1. The molecule has 0 fully saturated rings. The standard InChI is InChI=1S/C28H28N6O2/c1-18-30-26(33-32-18)21-8-10-23(11-9-21)31-27(35)25(16-19-5-3-2-4-6-19)34-14-13-22-15-20(17-29)7-12-24(22)28(34)36/h2-12,15,25H,13-14,16-17,29H2,1H3,(H,31,35)(H,30,32,33). The van der Waals surface area contributed by atoms with Crippen molar-refractivity contribution in [1.82, 2.24) is 20.1 Å². The molecule has 0 bridgehead atoms. The number of rotatable bonds is 7. The Morgan fingerprint density at radius 1 is 1.08 bits per heavy atom. The van der Waals surface area contributed by atoms with Gasteiger partial charge in [-0.2, -0.15) is 5.10 Å². The number of aromatic amines is 1. The van der Waals surface area contributed by atoms with Gasteiger partial charge >= 0.3 is 0 Å². The average Bonchev–Trinajstić information content (AvgIpc) is 3.34. The monoisotopic (exact) mass is 480 g/mol. The van der Waals surface area contributed by atoms with E-state index in [1.165, 1.54) is 0 Å². The molecule has 36 heavy (non-hydrogen) atoms. The summed E-state index contributed by atoms with van der Waals surface area (Å²) in [7, 11) is 0. The Labute approximate surface area is 209 Å². The molecule has 182 valence electrons. The lowest BCUT2D eigenvalue weighted by Crippen LogP contribution is -2.51. The number of benzene rings is 3. The lowest BCUT2D eigenvalue weighted by atomic mass is 9.94. The van der Waals surface area contributed by atoms with Crippen LogP contribution < -0.4 is 11.1 Å². The molecular formula is C28H28N6O2. The molecule has 8 nitrogen and oxygen atoms in total. The van der Waals surface area contributed by atoms with Crippen LogP contribution in [0.2, 0.25) is 0 Å². The van der Waals surface area contributed by atoms with Crippen molar-refractivity contribution in [2.45, 2.75) is 32.4 Å². The van der Waals surface area contributed by atoms with E-state index in [0.717, 1.165) is 28.1 Å². The van der Waals surface area contributed by atoms with Crippen LogP contribution in [0.3, 0.4) is 0 Å². The number of carbonyl (C=O) groups excluding carboxylic acids is 2. The predicted molar refractivity (Wildman–Crippen MR) is 138 cm³/mol. The molecule has 0 aliphatic carbocycles. The van der Waals surface area contributed by atoms with E-state index in [2.05, 4.69) is 20.5 Å². The molecule has 1 atom stereocenters. The van der Waals surface area contributed by atoms with Crippen molar-refractivity contribution in [3.8, 4) is 11.4 Å². The molecule has 0 spiro atoms. The molecule has 8 heteroatoms. The first-order valence-corrected chi connectivity index (χ1v) is 12.0. The zero-order valence-corrected chi connectivity index (χ0v) is 20.1. The number of nitrogens with zero attached hydrogens (tertiary/aromatic N) is 3. The van der Waals surface area contributed by atoms with Crippen molar-refractivity contribution < 1.29 is 9.59 Å². The fourth-order valence-corrected chi connectivity index (χ4v) is 4.57. The normalized spacial score (nSPS) is 13.8. The van der Waals surface area contributed by atoms with Crippen LogP contribution in [-0.2, 0) is 24.2 Å². The average molecular weight is 481 g/mol. The summed E-state index contributed by atoms with van der Waals surface area (Å²) < 4.78 is 0. The maximum atomic E-state index is 13.6. The van der Waals surface area contributed by atoms with Crippen molar-refractivity contribution in [1.29, 1.82) is 0 Å². The fourth-order valence-electron chi connectivity index (χ4n) is 4.57. The number of carbonyl (C=O) groups is 2. The molecule has 1 aliphatic rings. The number of nitrogens with two attached hydrogens (primary N) is 1. The smallest absolute Gasteiger partial charge is 0.254 e. The van der Waals surface area contributed by atoms with Crippen molar-refractivity contribution >= 4 is 17.5 Å². The highest BCUT2D eigenvalue weighted by Gasteiger charge is 2.34. The number of nitrogens with one attached hydrogen (secondary N) is 2. The van der Waals surface area contributed by atoms with Gasteiger partial charge in [-0.15, -0.1) is 0 Å². The Bertz CT molecular complexity index is 1380. The number of fused-ring (bicyclic) bond motifs is 1. The molecule has 3 aromatic carbocycles. The van der Waals surface area contributed by atoms with E-state index in [-0.39, 0.29) is 11.8 Å². The summed E-state index contributed by atoms with van der Waals surface area (Å²) in [6, 6.07) is 22.2. The van der Waals surface area contributed by atoms with Gasteiger partial charge in [0, 0.05) is 36.3 Å². The van der Waals surface area contributed by atoms with Gasteiger partial charge in [-0.1, -0.05) is 42.5 Å². The lowest BCUT2D eigenvalue weighted by molar-refractivity contribution is -0.120. The Kier molecular flexibility index (Phi) is 6.60. The van der Waals surface area contributed by atoms with Gasteiger partial charge in [0.1, 0.15) is 11.9 Å². The molecule has 0 radical (unpaired) electrons. The molecule has 1 unspecified atom stereocenters. The van der Waals surface area contributed by atoms with E-state index in [1.807, 2.05) is 79.7 Å². The molecule has 1 aliphatic heterocycles. The lowest BCUT2D eigenvalue weighted by Gasteiger charge is -2.35. The van der Waals surface area contributed by atoms with E-state index >= 15 is 0 Å².